The van der Waals surface area contributed by atoms with Crippen LogP contribution in [0.2, 0.25) is 0 Å². The second kappa shape index (κ2) is 7.84. The van der Waals surface area contributed by atoms with E-state index in [1.54, 1.807) is 0 Å². The summed E-state index contributed by atoms with van der Waals surface area (Å²) in [6, 6.07) is 16.3. The van der Waals surface area contributed by atoms with Gasteiger partial charge in [0.15, 0.2) is 0 Å². The van der Waals surface area contributed by atoms with Crippen molar-refractivity contribution in [3.8, 4) is 5.75 Å². The van der Waals surface area contributed by atoms with Gasteiger partial charge in [-0.1, -0.05) is 61.4 Å². The molecule has 0 amide bonds. The molecule has 112 valence electrons. The van der Waals surface area contributed by atoms with Gasteiger partial charge in [0.2, 0.25) is 0 Å². The summed E-state index contributed by atoms with van der Waals surface area (Å²) in [7, 11) is 0. The van der Waals surface area contributed by atoms with Crippen LogP contribution in [0.5, 0.6) is 5.75 Å². The Morgan fingerprint density at radius 2 is 1.86 bits per heavy atom. The predicted molar refractivity (Wildman–Crippen MR) is 87.0 cm³/mol. The maximum atomic E-state index is 9.86. The average molecular weight is 284 g/mol. The fourth-order valence-corrected chi connectivity index (χ4v) is 2.47. The van der Waals surface area contributed by atoms with Gasteiger partial charge in [-0.15, -0.1) is 0 Å². The lowest BCUT2D eigenvalue weighted by Gasteiger charge is -2.20. The average Bonchev–Trinajstić information content (AvgIpc) is 2.51. The molecule has 0 aliphatic heterocycles. The van der Waals surface area contributed by atoms with Crippen LogP contribution >= 0.6 is 0 Å². The summed E-state index contributed by atoms with van der Waals surface area (Å²) in [5.74, 6) is 0.847. The Bertz CT molecular complexity index is 549. The minimum Gasteiger partial charge on any atom is -0.493 e. The molecule has 0 aliphatic carbocycles. The molecule has 0 fully saturated rings. The van der Waals surface area contributed by atoms with Crippen molar-refractivity contribution in [1.29, 1.82) is 0 Å². The van der Waals surface area contributed by atoms with Crippen molar-refractivity contribution in [3.63, 3.8) is 0 Å². The summed E-state index contributed by atoms with van der Waals surface area (Å²) in [5, 5.41) is 9.86. The van der Waals surface area contributed by atoms with E-state index in [4.69, 9.17) is 4.74 Å². The highest BCUT2D eigenvalue weighted by Gasteiger charge is 2.17. The number of aryl methyl sites for hydroxylation is 1. The SMILES string of the molecule is CCCCOc1ccc(C)cc1C(CO)c1ccccc1. The fraction of sp³-hybridized carbons (Fsp3) is 0.368. The summed E-state index contributed by atoms with van der Waals surface area (Å²) in [5.41, 5.74) is 3.37. The van der Waals surface area contributed by atoms with Crippen LogP contribution in [-0.2, 0) is 0 Å². The maximum Gasteiger partial charge on any atom is 0.123 e. The Hall–Kier alpha value is -1.80. The normalized spacial score (nSPS) is 12.1. The zero-order valence-electron chi connectivity index (χ0n) is 12.9. The lowest BCUT2D eigenvalue weighted by atomic mass is 9.90. The number of aliphatic hydroxyl groups excluding tert-OH is 1. The zero-order valence-corrected chi connectivity index (χ0v) is 12.9. The van der Waals surface area contributed by atoms with Crippen molar-refractivity contribution in [1.82, 2.24) is 0 Å². The summed E-state index contributed by atoms with van der Waals surface area (Å²) in [4.78, 5) is 0. The first-order valence-electron chi connectivity index (χ1n) is 7.65. The van der Waals surface area contributed by atoms with Crippen molar-refractivity contribution in [3.05, 3.63) is 65.2 Å². The van der Waals surface area contributed by atoms with E-state index in [0.717, 1.165) is 36.3 Å². The quantitative estimate of drug-likeness (QED) is 0.768. The van der Waals surface area contributed by atoms with Crippen molar-refractivity contribution in [2.45, 2.75) is 32.6 Å². The summed E-state index contributed by atoms with van der Waals surface area (Å²) >= 11 is 0. The highest BCUT2D eigenvalue weighted by atomic mass is 16.5. The van der Waals surface area contributed by atoms with E-state index in [1.807, 2.05) is 24.3 Å². The standard InChI is InChI=1S/C19H24O2/c1-3-4-12-21-19-11-10-15(2)13-17(19)18(14-20)16-8-6-5-7-9-16/h5-11,13,18,20H,3-4,12,14H2,1-2H3. The summed E-state index contributed by atoms with van der Waals surface area (Å²) in [6.45, 7) is 5.02. The first-order valence-corrected chi connectivity index (χ1v) is 7.65. The van der Waals surface area contributed by atoms with E-state index >= 15 is 0 Å². The molecule has 2 rings (SSSR count). The van der Waals surface area contributed by atoms with Crippen LogP contribution in [0.4, 0.5) is 0 Å². The van der Waals surface area contributed by atoms with Crippen LogP contribution < -0.4 is 4.74 Å². The molecule has 2 heteroatoms. The number of rotatable bonds is 7. The second-order valence-electron chi connectivity index (χ2n) is 5.39. The molecule has 0 radical (unpaired) electrons. The smallest absolute Gasteiger partial charge is 0.123 e. The molecular formula is C19H24O2. The van der Waals surface area contributed by atoms with Gasteiger partial charge in [0, 0.05) is 11.5 Å². The number of aliphatic hydroxyl groups is 1. The Balaban J connectivity index is 2.33. The largest absolute Gasteiger partial charge is 0.493 e. The molecule has 1 unspecified atom stereocenters. The number of unbranched alkanes of at least 4 members (excludes halogenated alkanes) is 1. The van der Waals surface area contributed by atoms with Crippen molar-refractivity contribution in [2.75, 3.05) is 13.2 Å². The van der Waals surface area contributed by atoms with Gasteiger partial charge in [0.05, 0.1) is 13.2 Å². The molecule has 2 nitrogen and oxygen atoms in total. The van der Waals surface area contributed by atoms with Crippen LogP contribution in [0.3, 0.4) is 0 Å². The van der Waals surface area contributed by atoms with Crippen LogP contribution in [-0.4, -0.2) is 18.3 Å². The number of benzene rings is 2. The maximum absolute atomic E-state index is 9.86. The van der Waals surface area contributed by atoms with Crippen LogP contribution in [0.1, 0.15) is 42.4 Å². The fourth-order valence-electron chi connectivity index (χ4n) is 2.47. The van der Waals surface area contributed by atoms with Crippen LogP contribution in [0.25, 0.3) is 0 Å². The van der Waals surface area contributed by atoms with E-state index < -0.39 is 0 Å². The van der Waals surface area contributed by atoms with Gasteiger partial charge < -0.3 is 9.84 Å². The first kappa shape index (κ1) is 15.6. The van der Waals surface area contributed by atoms with Gasteiger partial charge in [-0.25, -0.2) is 0 Å². The van der Waals surface area contributed by atoms with Crippen molar-refractivity contribution < 1.29 is 9.84 Å². The molecule has 2 aromatic rings. The lowest BCUT2D eigenvalue weighted by molar-refractivity contribution is 0.270. The van der Waals surface area contributed by atoms with Gasteiger partial charge in [-0.05, 0) is 25.0 Å². The molecule has 0 heterocycles. The molecule has 0 saturated carbocycles. The van der Waals surface area contributed by atoms with E-state index in [9.17, 15) is 5.11 Å². The van der Waals surface area contributed by atoms with E-state index in [1.165, 1.54) is 5.56 Å². The third-order valence-electron chi connectivity index (χ3n) is 3.68. The van der Waals surface area contributed by atoms with Crippen LogP contribution in [0, 0.1) is 6.92 Å². The summed E-state index contributed by atoms with van der Waals surface area (Å²) < 4.78 is 5.93. The number of ether oxygens (including phenoxy) is 1. The molecule has 21 heavy (non-hydrogen) atoms. The number of hydrogen-bond donors (Lipinski definition) is 1. The number of hydrogen-bond acceptors (Lipinski definition) is 2. The Morgan fingerprint density at radius 3 is 2.52 bits per heavy atom. The Morgan fingerprint density at radius 1 is 1.10 bits per heavy atom. The van der Waals surface area contributed by atoms with Gasteiger partial charge >= 0.3 is 0 Å². The van der Waals surface area contributed by atoms with Crippen molar-refractivity contribution >= 4 is 0 Å². The van der Waals surface area contributed by atoms with Gasteiger partial charge in [0.1, 0.15) is 5.75 Å². The minimum atomic E-state index is -0.0391. The van der Waals surface area contributed by atoms with E-state index in [2.05, 4.69) is 38.1 Å². The molecule has 1 N–H and O–H groups in total. The minimum absolute atomic E-state index is 0.0391. The molecule has 0 aromatic heterocycles. The highest BCUT2D eigenvalue weighted by Crippen LogP contribution is 2.32. The second-order valence-corrected chi connectivity index (χ2v) is 5.39. The molecule has 0 bridgehead atoms. The molecular weight excluding hydrogens is 260 g/mol. The lowest BCUT2D eigenvalue weighted by Crippen LogP contribution is -2.09. The summed E-state index contributed by atoms with van der Waals surface area (Å²) in [6.07, 6.45) is 2.16. The molecule has 0 saturated heterocycles. The molecule has 1 atom stereocenters. The molecule has 2 aromatic carbocycles. The zero-order chi connectivity index (χ0) is 15.1. The van der Waals surface area contributed by atoms with E-state index in [0.29, 0.717) is 0 Å². The third kappa shape index (κ3) is 4.08. The monoisotopic (exact) mass is 284 g/mol. The predicted octanol–water partition coefficient (Wildman–Crippen LogP) is 4.30. The molecule has 0 aliphatic rings. The van der Waals surface area contributed by atoms with E-state index in [-0.39, 0.29) is 12.5 Å². The Labute approximate surface area is 127 Å². The topological polar surface area (TPSA) is 29.5 Å². The van der Waals surface area contributed by atoms with Crippen LogP contribution in [0.15, 0.2) is 48.5 Å². The van der Waals surface area contributed by atoms with Gasteiger partial charge in [0.25, 0.3) is 0 Å². The van der Waals surface area contributed by atoms with Gasteiger partial charge in [-0.2, -0.15) is 0 Å². The highest BCUT2D eigenvalue weighted by molar-refractivity contribution is 5.44. The van der Waals surface area contributed by atoms with Gasteiger partial charge in [-0.3, -0.25) is 0 Å². The third-order valence-corrected chi connectivity index (χ3v) is 3.68. The first-order chi connectivity index (χ1) is 10.3. The molecule has 0 spiro atoms. The Kier molecular flexibility index (Phi) is 5.82. The van der Waals surface area contributed by atoms with Crippen molar-refractivity contribution in [2.24, 2.45) is 0 Å².